The summed E-state index contributed by atoms with van der Waals surface area (Å²) in [6.07, 6.45) is 0.368. The van der Waals surface area contributed by atoms with E-state index in [2.05, 4.69) is 5.32 Å². The van der Waals surface area contributed by atoms with E-state index >= 15 is 0 Å². The zero-order valence-electron chi connectivity index (χ0n) is 13.9. The second-order valence-corrected chi connectivity index (χ2v) is 6.35. The number of rotatable bonds is 5. The zero-order chi connectivity index (χ0) is 18.8. The highest BCUT2D eigenvalue weighted by Crippen LogP contribution is 2.31. The fourth-order valence-electron chi connectivity index (χ4n) is 2.98. The van der Waals surface area contributed by atoms with Gasteiger partial charge in [-0.05, 0) is 24.1 Å². The second-order valence-electron chi connectivity index (χ2n) is 5.94. The molecule has 6 nitrogen and oxygen atoms in total. The van der Waals surface area contributed by atoms with E-state index in [0.717, 1.165) is 0 Å². The average Bonchev–Trinajstić information content (AvgIpc) is 3.24. The van der Waals surface area contributed by atoms with Crippen molar-refractivity contribution < 1.29 is 28.2 Å². The summed E-state index contributed by atoms with van der Waals surface area (Å²) in [5, 5.41) is 11.9. The SMILES string of the molecule is CCc1oc(C(=O)NC2CCOC2c2ccc(Cl)c(F)c2)cc1C(=O)O. The molecule has 1 aromatic carbocycles. The number of aryl methyl sites for hydroxylation is 1. The van der Waals surface area contributed by atoms with Crippen LogP contribution < -0.4 is 5.32 Å². The van der Waals surface area contributed by atoms with E-state index < -0.39 is 29.8 Å². The number of hydrogen-bond donors (Lipinski definition) is 2. The van der Waals surface area contributed by atoms with E-state index in [1.54, 1.807) is 13.0 Å². The quantitative estimate of drug-likeness (QED) is 0.826. The van der Waals surface area contributed by atoms with Crippen LogP contribution in [0.2, 0.25) is 5.02 Å². The number of carbonyl (C=O) groups is 2. The van der Waals surface area contributed by atoms with Gasteiger partial charge in [0, 0.05) is 19.1 Å². The predicted molar refractivity (Wildman–Crippen MR) is 91.0 cm³/mol. The summed E-state index contributed by atoms with van der Waals surface area (Å²) in [5.74, 6) is -2.09. The van der Waals surface area contributed by atoms with Crippen LogP contribution in [0.5, 0.6) is 0 Å². The predicted octanol–water partition coefficient (Wildman–Crippen LogP) is 3.59. The van der Waals surface area contributed by atoms with Crippen LogP contribution in [0.25, 0.3) is 0 Å². The number of furan rings is 1. The maximum atomic E-state index is 13.7. The maximum Gasteiger partial charge on any atom is 0.339 e. The molecular formula is C18H17ClFNO5. The van der Waals surface area contributed by atoms with Crippen molar-refractivity contribution in [2.45, 2.75) is 31.9 Å². The normalized spacial score (nSPS) is 19.5. The molecule has 26 heavy (non-hydrogen) atoms. The fourth-order valence-corrected chi connectivity index (χ4v) is 3.10. The molecule has 0 aliphatic carbocycles. The van der Waals surface area contributed by atoms with E-state index in [1.807, 2.05) is 0 Å². The van der Waals surface area contributed by atoms with E-state index in [9.17, 15) is 14.0 Å². The minimum Gasteiger partial charge on any atom is -0.478 e. The Labute approximate surface area is 153 Å². The number of halogens is 2. The van der Waals surface area contributed by atoms with Crippen LogP contribution in [0.15, 0.2) is 28.7 Å². The molecule has 1 amide bonds. The van der Waals surface area contributed by atoms with Gasteiger partial charge in [-0.2, -0.15) is 0 Å². The number of ether oxygens (including phenoxy) is 1. The van der Waals surface area contributed by atoms with Crippen molar-refractivity contribution >= 4 is 23.5 Å². The molecule has 0 radical (unpaired) electrons. The Hall–Kier alpha value is -2.38. The highest BCUT2D eigenvalue weighted by Gasteiger charge is 2.32. The Morgan fingerprint density at radius 2 is 2.15 bits per heavy atom. The van der Waals surface area contributed by atoms with Crippen molar-refractivity contribution in [2.75, 3.05) is 6.61 Å². The molecule has 0 spiro atoms. The van der Waals surface area contributed by atoms with E-state index in [4.69, 9.17) is 25.9 Å². The third-order valence-corrected chi connectivity index (χ3v) is 4.57. The second kappa shape index (κ2) is 7.47. The Bertz CT molecular complexity index is 850. The molecule has 1 aliphatic rings. The molecule has 2 N–H and O–H groups in total. The number of hydrogen-bond acceptors (Lipinski definition) is 4. The molecular weight excluding hydrogens is 365 g/mol. The molecule has 138 valence electrons. The minimum absolute atomic E-state index is 0.0104. The maximum absolute atomic E-state index is 13.7. The van der Waals surface area contributed by atoms with Gasteiger partial charge in [0.2, 0.25) is 0 Å². The standard InChI is InChI=1S/C18H17ClFNO5/c1-2-14-10(18(23)24)8-15(26-14)17(22)21-13-5-6-25-16(13)9-3-4-11(19)12(20)7-9/h3-4,7-8,13,16H,2,5-6H2,1H3,(H,21,22)(H,23,24). The molecule has 0 saturated carbocycles. The van der Waals surface area contributed by atoms with Gasteiger partial charge in [0.25, 0.3) is 5.91 Å². The molecule has 8 heteroatoms. The van der Waals surface area contributed by atoms with Gasteiger partial charge in [-0.1, -0.05) is 24.6 Å². The molecule has 2 atom stereocenters. The summed E-state index contributed by atoms with van der Waals surface area (Å²) in [7, 11) is 0. The van der Waals surface area contributed by atoms with E-state index in [1.165, 1.54) is 18.2 Å². The fraction of sp³-hybridized carbons (Fsp3) is 0.333. The lowest BCUT2D eigenvalue weighted by atomic mass is 10.0. The van der Waals surface area contributed by atoms with Crippen LogP contribution in [0.4, 0.5) is 4.39 Å². The lowest BCUT2D eigenvalue weighted by Gasteiger charge is -2.20. The highest BCUT2D eigenvalue weighted by molar-refractivity contribution is 6.30. The molecule has 2 unspecified atom stereocenters. The molecule has 0 bridgehead atoms. The van der Waals surface area contributed by atoms with Crippen molar-refractivity contribution in [3.05, 3.63) is 57.8 Å². The number of amides is 1. The monoisotopic (exact) mass is 381 g/mol. The van der Waals surface area contributed by atoms with Gasteiger partial charge in [-0.15, -0.1) is 0 Å². The van der Waals surface area contributed by atoms with Gasteiger partial charge in [-0.3, -0.25) is 4.79 Å². The Morgan fingerprint density at radius 1 is 1.38 bits per heavy atom. The third kappa shape index (κ3) is 3.59. The molecule has 2 aromatic rings. The van der Waals surface area contributed by atoms with Crippen molar-refractivity contribution in [3.8, 4) is 0 Å². The Kier molecular flexibility index (Phi) is 5.29. The zero-order valence-corrected chi connectivity index (χ0v) is 14.7. The smallest absolute Gasteiger partial charge is 0.339 e. The first-order valence-electron chi connectivity index (χ1n) is 8.14. The summed E-state index contributed by atoms with van der Waals surface area (Å²) in [6.45, 7) is 2.14. The number of benzene rings is 1. The molecule has 3 rings (SSSR count). The Balaban J connectivity index is 1.78. The van der Waals surface area contributed by atoms with Crippen molar-refractivity contribution in [2.24, 2.45) is 0 Å². The van der Waals surface area contributed by atoms with Crippen molar-refractivity contribution in [3.63, 3.8) is 0 Å². The van der Waals surface area contributed by atoms with Crippen LogP contribution in [0, 0.1) is 5.82 Å². The van der Waals surface area contributed by atoms with Gasteiger partial charge in [0.05, 0.1) is 11.1 Å². The largest absolute Gasteiger partial charge is 0.478 e. The molecule has 1 aromatic heterocycles. The first-order chi connectivity index (χ1) is 12.4. The number of nitrogens with one attached hydrogen (secondary N) is 1. The van der Waals surface area contributed by atoms with Gasteiger partial charge in [-0.25, -0.2) is 9.18 Å². The first-order valence-corrected chi connectivity index (χ1v) is 8.52. The topological polar surface area (TPSA) is 88.8 Å². The number of aromatic carboxylic acids is 1. The molecule has 1 saturated heterocycles. The highest BCUT2D eigenvalue weighted by atomic mass is 35.5. The minimum atomic E-state index is -1.15. The summed E-state index contributed by atoms with van der Waals surface area (Å²) in [6, 6.07) is 5.18. The number of carbonyl (C=O) groups excluding carboxylic acids is 1. The van der Waals surface area contributed by atoms with Gasteiger partial charge >= 0.3 is 5.97 Å². The van der Waals surface area contributed by atoms with E-state index in [0.29, 0.717) is 25.0 Å². The molecule has 1 aliphatic heterocycles. The third-order valence-electron chi connectivity index (χ3n) is 4.26. The van der Waals surface area contributed by atoms with Crippen LogP contribution in [-0.2, 0) is 11.2 Å². The lowest BCUT2D eigenvalue weighted by Crippen LogP contribution is -2.36. The summed E-state index contributed by atoms with van der Waals surface area (Å²) in [5.41, 5.74) is 0.534. The van der Waals surface area contributed by atoms with Crippen LogP contribution in [0.3, 0.4) is 0 Å². The molecule has 2 heterocycles. The van der Waals surface area contributed by atoms with Crippen LogP contribution >= 0.6 is 11.6 Å². The summed E-state index contributed by atoms with van der Waals surface area (Å²) in [4.78, 5) is 23.7. The van der Waals surface area contributed by atoms with Crippen molar-refractivity contribution in [1.82, 2.24) is 5.32 Å². The number of carboxylic acids is 1. The Morgan fingerprint density at radius 3 is 2.77 bits per heavy atom. The van der Waals surface area contributed by atoms with Crippen LogP contribution in [0.1, 0.15) is 51.7 Å². The first kappa shape index (κ1) is 18.4. The summed E-state index contributed by atoms with van der Waals surface area (Å²) >= 11 is 5.70. The summed E-state index contributed by atoms with van der Waals surface area (Å²) < 4.78 is 24.7. The number of carboxylic acid groups (broad SMARTS) is 1. The van der Waals surface area contributed by atoms with Gasteiger partial charge in [0.15, 0.2) is 5.76 Å². The van der Waals surface area contributed by atoms with Gasteiger partial charge in [0.1, 0.15) is 23.2 Å². The van der Waals surface area contributed by atoms with E-state index in [-0.39, 0.29) is 22.1 Å². The van der Waals surface area contributed by atoms with Crippen LogP contribution in [-0.4, -0.2) is 29.6 Å². The van der Waals surface area contributed by atoms with Gasteiger partial charge < -0.3 is 19.6 Å². The van der Waals surface area contributed by atoms with Crippen molar-refractivity contribution in [1.29, 1.82) is 0 Å². The molecule has 1 fully saturated rings. The average molecular weight is 382 g/mol. The lowest BCUT2D eigenvalue weighted by molar-refractivity contribution is 0.0694.